The highest BCUT2D eigenvalue weighted by Crippen LogP contribution is 2.38. The van der Waals surface area contributed by atoms with Crippen molar-refractivity contribution in [2.24, 2.45) is 0 Å². The van der Waals surface area contributed by atoms with Crippen LogP contribution in [-0.4, -0.2) is 44.1 Å². The molecule has 0 saturated heterocycles. The molecule has 1 aromatic rings. The van der Waals surface area contributed by atoms with Crippen molar-refractivity contribution in [1.29, 1.82) is 0 Å². The molecule has 0 aromatic heterocycles. The highest BCUT2D eigenvalue weighted by molar-refractivity contribution is 6.74. The molecule has 0 spiro atoms. The molecule has 0 fully saturated rings. The summed E-state index contributed by atoms with van der Waals surface area (Å²) in [5, 5.41) is 0.146. The Morgan fingerprint density at radius 1 is 1.07 bits per heavy atom. The second-order valence-corrected chi connectivity index (χ2v) is 14.8. The molecule has 0 saturated carbocycles. The van der Waals surface area contributed by atoms with Gasteiger partial charge in [-0.1, -0.05) is 63.3 Å². The van der Waals surface area contributed by atoms with E-state index >= 15 is 0 Å². The number of rotatable bonds is 10. The Morgan fingerprint density at radius 2 is 1.63 bits per heavy atom. The Bertz CT molecular complexity index is 655. The molecule has 1 amide bonds. The SMILES string of the molecule is CC(C)N(C(=O)OCCC[C@H](/C=C/c1ccccc1)O[Si](C)(C)C(C)(C)C)C(C)C. The summed E-state index contributed by atoms with van der Waals surface area (Å²) in [6, 6.07) is 10.5. The molecule has 1 rings (SSSR count). The maximum atomic E-state index is 12.4. The number of amides is 1. The van der Waals surface area contributed by atoms with Crippen molar-refractivity contribution in [3.05, 3.63) is 42.0 Å². The molecule has 5 heteroatoms. The summed E-state index contributed by atoms with van der Waals surface area (Å²) in [7, 11) is -1.90. The first-order valence-electron chi connectivity index (χ1n) is 11.2. The van der Waals surface area contributed by atoms with Crippen molar-refractivity contribution < 1.29 is 14.0 Å². The molecule has 0 aliphatic heterocycles. The van der Waals surface area contributed by atoms with Gasteiger partial charge in [0.1, 0.15) is 0 Å². The number of carbonyl (C=O) groups excluding carboxylic acids is 1. The van der Waals surface area contributed by atoms with E-state index in [9.17, 15) is 4.79 Å². The maximum Gasteiger partial charge on any atom is 0.410 e. The third-order valence-electron chi connectivity index (χ3n) is 5.74. The fraction of sp³-hybridized carbons (Fsp3) is 0.640. The van der Waals surface area contributed by atoms with Crippen LogP contribution < -0.4 is 0 Å². The van der Waals surface area contributed by atoms with E-state index in [2.05, 4.69) is 58.2 Å². The lowest BCUT2D eigenvalue weighted by Gasteiger charge is -2.38. The molecule has 0 radical (unpaired) electrons. The predicted molar refractivity (Wildman–Crippen MR) is 130 cm³/mol. The smallest absolute Gasteiger partial charge is 0.410 e. The molecule has 1 aromatic carbocycles. The second kappa shape index (κ2) is 11.7. The van der Waals surface area contributed by atoms with Gasteiger partial charge in [0.15, 0.2) is 8.32 Å². The monoisotopic (exact) mass is 433 g/mol. The van der Waals surface area contributed by atoms with E-state index in [-0.39, 0.29) is 29.3 Å². The van der Waals surface area contributed by atoms with Crippen molar-refractivity contribution in [3.8, 4) is 0 Å². The van der Waals surface area contributed by atoms with Gasteiger partial charge < -0.3 is 14.1 Å². The number of nitrogens with zero attached hydrogens (tertiary/aromatic N) is 1. The fourth-order valence-corrected chi connectivity index (χ4v) is 4.38. The van der Waals surface area contributed by atoms with Crippen LogP contribution in [0.1, 0.15) is 66.9 Å². The van der Waals surface area contributed by atoms with Crippen LogP contribution in [0, 0.1) is 0 Å². The van der Waals surface area contributed by atoms with Crippen LogP contribution in [-0.2, 0) is 9.16 Å². The van der Waals surface area contributed by atoms with Crippen molar-refractivity contribution in [3.63, 3.8) is 0 Å². The van der Waals surface area contributed by atoms with E-state index in [4.69, 9.17) is 9.16 Å². The molecule has 0 aliphatic rings. The van der Waals surface area contributed by atoms with E-state index in [1.807, 2.05) is 45.9 Å². The van der Waals surface area contributed by atoms with Gasteiger partial charge in [-0.3, -0.25) is 0 Å². The van der Waals surface area contributed by atoms with Crippen LogP contribution in [0.15, 0.2) is 36.4 Å². The highest BCUT2D eigenvalue weighted by atomic mass is 28.4. The summed E-state index contributed by atoms with van der Waals surface area (Å²) in [5.74, 6) is 0. The van der Waals surface area contributed by atoms with Gasteiger partial charge in [-0.15, -0.1) is 0 Å². The Morgan fingerprint density at radius 3 is 2.13 bits per heavy atom. The largest absolute Gasteiger partial charge is 0.449 e. The van der Waals surface area contributed by atoms with E-state index in [0.717, 1.165) is 18.4 Å². The zero-order valence-electron chi connectivity index (χ0n) is 20.6. The first kappa shape index (κ1) is 26.4. The Labute approximate surface area is 185 Å². The van der Waals surface area contributed by atoms with Gasteiger partial charge in [-0.25, -0.2) is 4.79 Å². The van der Waals surface area contributed by atoms with Crippen molar-refractivity contribution >= 4 is 20.5 Å². The summed E-state index contributed by atoms with van der Waals surface area (Å²) in [5.41, 5.74) is 1.16. The molecule has 0 heterocycles. The molecular formula is C25H43NO3Si. The Kier molecular flexibility index (Phi) is 10.3. The minimum Gasteiger partial charge on any atom is -0.449 e. The summed E-state index contributed by atoms with van der Waals surface area (Å²) < 4.78 is 12.2. The quantitative estimate of drug-likeness (QED) is 0.291. The van der Waals surface area contributed by atoms with Crippen LogP contribution in [0.3, 0.4) is 0 Å². The lowest BCUT2D eigenvalue weighted by atomic mass is 10.1. The van der Waals surface area contributed by atoms with E-state index in [0.29, 0.717) is 6.61 Å². The molecule has 0 bridgehead atoms. The van der Waals surface area contributed by atoms with Crippen LogP contribution in [0.25, 0.3) is 6.08 Å². The zero-order chi connectivity index (χ0) is 22.9. The van der Waals surface area contributed by atoms with E-state index in [1.165, 1.54) is 0 Å². The zero-order valence-corrected chi connectivity index (χ0v) is 21.6. The van der Waals surface area contributed by atoms with E-state index in [1.54, 1.807) is 4.90 Å². The van der Waals surface area contributed by atoms with Gasteiger partial charge in [0.25, 0.3) is 0 Å². The minimum absolute atomic E-state index is 0.0103. The minimum atomic E-state index is -1.90. The first-order chi connectivity index (χ1) is 13.8. The normalized spacial score (nSPS) is 13.8. The lowest BCUT2D eigenvalue weighted by molar-refractivity contribution is 0.0754. The van der Waals surface area contributed by atoms with Gasteiger partial charge >= 0.3 is 6.09 Å². The number of hydrogen-bond acceptors (Lipinski definition) is 3. The molecule has 4 nitrogen and oxygen atoms in total. The Balaban J connectivity index is 2.74. The van der Waals surface area contributed by atoms with Crippen molar-refractivity contribution in [2.45, 2.75) is 97.6 Å². The highest BCUT2D eigenvalue weighted by Gasteiger charge is 2.38. The fourth-order valence-electron chi connectivity index (χ4n) is 3.07. The number of ether oxygens (including phenoxy) is 1. The topological polar surface area (TPSA) is 38.8 Å². The van der Waals surface area contributed by atoms with Crippen LogP contribution >= 0.6 is 0 Å². The number of carbonyl (C=O) groups is 1. The molecule has 0 unspecified atom stereocenters. The van der Waals surface area contributed by atoms with Gasteiger partial charge in [0, 0.05) is 12.1 Å². The van der Waals surface area contributed by atoms with E-state index < -0.39 is 8.32 Å². The average Bonchev–Trinajstić information content (AvgIpc) is 2.62. The average molecular weight is 434 g/mol. The predicted octanol–water partition coefficient (Wildman–Crippen LogP) is 7.13. The maximum absolute atomic E-state index is 12.4. The van der Waals surface area contributed by atoms with Crippen molar-refractivity contribution in [1.82, 2.24) is 4.90 Å². The van der Waals surface area contributed by atoms with Gasteiger partial charge in [0.2, 0.25) is 0 Å². The van der Waals surface area contributed by atoms with Crippen LogP contribution in [0.5, 0.6) is 0 Å². The molecule has 1 atom stereocenters. The van der Waals surface area contributed by atoms with Gasteiger partial charge in [0.05, 0.1) is 12.7 Å². The second-order valence-electron chi connectivity index (χ2n) is 10.0. The third kappa shape index (κ3) is 8.64. The van der Waals surface area contributed by atoms with Gasteiger partial charge in [-0.2, -0.15) is 0 Å². The molecular weight excluding hydrogens is 390 g/mol. The summed E-state index contributed by atoms with van der Waals surface area (Å²) >= 11 is 0. The van der Waals surface area contributed by atoms with Crippen LogP contribution in [0.2, 0.25) is 18.1 Å². The first-order valence-corrected chi connectivity index (χ1v) is 14.1. The third-order valence-corrected chi connectivity index (χ3v) is 10.2. The molecule has 0 aliphatic carbocycles. The van der Waals surface area contributed by atoms with Crippen molar-refractivity contribution in [2.75, 3.05) is 6.61 Å². The summed E-state index contributed by atoms with van der Waals surface area (Å²) in [6.07, 6.45) is 5.66. The number of benzene rings is 1. The van der Waals surface area contributed by atoms with Gasteiger partial charge in [-0.05, 0) is 64.2 Å². The molecule has 170 valence electrons. The standard InChI is InChI=1S/C25H43NO3Si/c1-20(2)26(21(3)4)24(27)28-19-13-16-23(29-30(8,9)25(5,6)7)18-17-22-14-11-10-12-15-22/h10-12,14-15,17-18,20-21,23H,13,16,19H2,1-9H3/b18-17+/t23-/m1/s1. The Hall–Kier alpha value is -1.59. The molecule has 0 N–H and O–H groups in total. The number of hydrogen-bond donors (Lipinski definition) is 0. The lowest BCUT2D eigenvalue weighted by Crippen LogP contribution is -2.43. The van der Waals surface area contributed by atoms with Crippen LogP contribution in [0.4, 0.5) is 4.79 Å². The molecule has 30 heavy (non-hydrogen) atoms. The summed E-state index contributed by atoms with van der Waals surface area (Å²) in [4.78, 5) is 14.2. The summed E-state index contributed by atoms with van der Waals surface area (Å²) in [6.45, 7) is 19.8.